The second-order valence-electron chi connectivity index (χ2n) is 5.14. The molecular weight excluding hydrogens is 314 g/mol. The molecule has 0 fully saturated rings. The van der Waals surface area contributed by atoms with E-state index in [9.17, 15) is 0 Å². The van der Waals surface area contributed by atoms with Crippen LogP contribution in [0.1, 0.15) is 42.4 Å². The van der Waals surface area contributed by atoms with Crippen LogP contribution in [0.4, 0.5) is 0 Å². The van der Waals surface area contributed by atoms with Crippen LogP contribution in [-0.2, 0) is 20.0 Å². The van der Waals surface area contributed by atoms with Gasteiger partial charge in [0, 0.05) is 19.6 Å². The minimum absolute atomic E-state index is 0.322. The molecule has 0 radical (unpaired) electrons. The molecule has 2 rings (SSSR count). The molecule has 3 nitrogen and oxygen atoms in total. The summed E-state index contributed by atoms with van der Waals surface area (Å²) in [6.07, 6.45) is 0.946. The monoisotopic (exact) mass is 335 g/mol. The van der Waals surface area contributed by atoms with Gasteiger partial charge in [-0.1, -0.05) is 31.2 Å². The van der Waals surface area contributed by atoms with Gasteiger partial charge >= 0.3 is 0 Å². The molecule has 0 bridgehead atoms. The van der Waals surface area contributed by atoms with Gasteiger partial charge in [0.25, 0.3) is 0 Å². The Labute approximate surface area is 129 Å². The minimum Gasteiger partial charge on any atom is -0.305 e. The Balaban J connectivity index is 2.09. The summed E-state index contributed by atoms with van der Waals surface area (Å²) >= 11 is 3.66. The van der Waals surface area contributed by atoms with Gasteiger partial charge in [-0.05, 0) is 47.3 Å². The first-order chi connectivity index (χ1) is 9.54. The Bertz CT molecular complexity index is 589. The number of hydrogen-bond donors (Lipinski definition) is 1. The number of nitrogens with zero attached hydrogens (tertiary/aromatic N) is 2. The second-order valence-corrected chi connectivity index (χ2v) is 5.94. The molecule has 4 heteroatoms. The van der Waals surface area contributed by atoms with Crippen molar-refractivity contribution in [1.82, 2.24) is 15.1 Å². The standard InChI is InChI=1S/C16H22BrN3/c1-5-14-16(17)15(20(4)19-14)10-18-12(3)13-9-7-6-8-11(13)2/h6-9,12,18H,5,10H2,1-4H3/t12-/m1/s1. The van der Waals surface area contributed by atoms with Crippen LogP contribution in [0.3, 0.4) is 0 Å². The van der Waals surface area contributed by atoms with Crippen LogP contribution in [0.2, 0.25) is 0 Å². The quantitative estimate of drug-likeness (QED) is 0.897. The molecule has 1 aromatic carbocycles. The molecule has 0 aliphatic rings. The predicted octanol–water partition coefficient (Wildman–Crippen LogP) is 3.90. The summed E-state index contributed by atoms with van der Waals surface area (Å²) in [4.78, 5) is 0. The van der Waals surface area contributed by atoms with Gasteiger partial charge in [-0.25, -0.2) is 0 Å². The molecule has 0 aliphatic carbocycles. The van der Waals surface area contributed by atoms with E-state index in [-0.39, 0.29) is 0 Å². The highest BCUT2D eigenvalue weighted by Gasteiger charge is 2.14. The van der Waals surface area contributed by atoms with Crippen LogP contribution in [0.15, 0.2) is 28.7 Å². The van der Waals surface area contributed by atoms with Gasteiger partial charge in [0.1, 0.15) is 0 Å². The van der Waals surface area contributed by atoms with Gasteiger partial charge in [0.05, 0.1) is 15.9 Å². The van der Waals surface area contributed by atoms with Crippen molar-refractivity contribution in [2.45, 2.75) is 39.8 Å². The average Bonchev–Trinajstić information content (AvgIpc) is 2.71. The number of aryl methyl sites for hydroxylation is 3. The molecule has 1 heterocycles. The molecule has 0 spiro atoms. The highest BCUT2D eigenvalue weighted by Crippen LogP contribution is 2.23. The van der Waals surface area contributed by atoms with Crippen LogP contribution in [0.25, 0.3) is 0 Å². The maximum absolute atomic E-state index is 4.53. The molecule has 0 unspecified atom stereocenters. The number of benzene rings is 1. The zero-order valence-corrected chi connectivity index (χ0v) is 14.2. The van der Waals surface area contributed by atoms with Crippen LogP contribution in [0, 0.1) is 6.92 Å². The third-order valence-electron chi connectivity index (χ3n) is 3.73. The number of rotatable bonds is 5. The maximum atomic E-state index is 4.53. The van der Waals surface area contributed by atoms with Gasteiger partial charge in [-0.2, -0.15) is 5.10 Å². The third-order valence-corrected chi connectivity index (χ3v) is 4.65. The molecule has 1 atom stereocenters. The molecule has 108 valence electrons. The summed E-state index contributed by atoms with van der Waals surface area (Å²) in [7, 11) is 2.00. The van der Waals surface area contributed by atoms with Crippen LogP contribution < -0.4 is 5.32 Å². The van der Waals surface area contributed by atoms with Crippen molar-refractivity contribution in [2.75, 3.05) is 0 Å². The Morgan fingerprint density at radius 2 is 2.05 bits per heavy atom. The van der Waals surface area contributed by atoms with Crippen molar-refractivity contribution < 1.29 is 0 Å². The van der Waals surface area contributed by atoms with Gasteiger partial charge in [0.15, 0.2) is 0 Å². The third kappa shape index (κ3) is 3.13. The fraction of sp³-hybridized carbons (Fsp3) is 0.438. The van der Waals surface area contributed by atoms with Gasteiger partial charge in [-0.15, -0.1) is 0 Å². The highest BCUT2D eigenvalue weighted by atomic mass is 79.9. The normalized spacial score (nSPS) is 12.7. The van der Waals surface area contributed by atoms with Crippen molar-refractivity contribution in [2.24, 2.45) is 7.05 Å². The Hall–Kier alpha value is -1.13. The lowest BCUT2D eigenvalue weighted by Crippen LogP contribution is -2.20. The molecule has 0 saturated heterocycles. The summed E-state index contributed by atoms with van der Waals surface area (Å²) in [5.74, 6) is 0. The number of aromatic nitrogens is 2. The van der Waals surface area contributed by atoms with E-state index in [1.807, 2.05) is 11.7 Å². The van der Waals surface area contributed by atoms with E-state index in [1.54, 1.807) is 0 Å². The lowest BCUT2D eigenvalue weighted by Gasteiger charge is -2.16. The van der Waals surface area contributed by atoms with Crippen LogP contribution >= 0.6 is 15.9 Å². The molecule has 1 aromatic heterocycles. The SMILES string of the molecule is CCc1nn(C)c(CN[C@H](C)c2ccccc2C)c1Br. The van der Waals surface area contributed by atoms with E-state index in [2.05, 4.69) is 71.4 Å². The van der Waals surface area contributed by atoms with E-state index in [4.69, 9.17) is 0 Å². The average molecular weight is 336 g/mol. The first-order valence-electron chi connectivity index (χ1n) is 7.03. The predicted molar refractivity (Wildman–Crippen MR) is 86.7 cm³/mol. The minimum atomic E-state index is 0.322. The van der Waals surface area contributed by atoms with Crippen molar-refractivity contribution in [3.05, 3.63) is 51.3 Å². The van der Waals surface area contributed by atoms with Gasteiger partial charge in [0.2, 0.25) is 0 Å². The Kier molecular flexibility index (Phi) is 5.00. The van der Waals surface area contributed by atoms with Crippen molar-refractivity contribution in [3.8, 4) is 0 Å². The Morgan fingerprint density at radius 1 is 1.35 bits per heavy atom. The maximum Gasteiger partial charge on any atom is 0.0767 e. The zero-order chi connectivity index (χ0) is 14.7. The van der Waals surface area contributed by atoms with E-state index < -0.39 is 0 Å². The summed E-state index contributed by atoms with van der Waals surface area (Å²) < 4.78 is 3.09. The molecule has 0 amide bonds. The lowest BCUT2D eigenvalue weighted by molar-refractivity contribution is 0.545. The fourth-order valence-corrected chi connectivity index (χ4v) is 3.20. The summed E-state index contributed by atoms with van der Waals surface area (Å²) in [5, 5.41) is 8.11. The highest BCUT2D eigenvalue weighted by molar-refractivity contribution is 9.10. The first kappa shape index (κ1) is 15.3. The van der Waals surface area contributed by atoms with Crippen molar-refractivity contribution >= 4 is 15.9 Å². The van der Waals surface area contributed by atoms with Crippen LogP contribution in [-0.4, -0.2) is 9.78 Å². The molecule has 1 N–H and O–H groups in total. The van der Waals surface area contributed by atoms with E-state index >= 15 is 0 Å². The van der Waals surface area contributed by atoms with Crippen molar-refractivity contribution in [1.29, 1.82) is 0 Å². The molecule has 0 saturated carbocycles. The van der Waals surface area contributed by atoms with Gasteiger partial charge in [-0.3, -0.25) is 4.68 Å². The number of nitrogens with one attached hydrogen (secondary N) is 1. The largest absolute Gasteiger partial charge is 0.305 e. The van der Waals surface area contributed by atoms with Crippen molar-refractivity contribution in [3.63, 3.8) is 0 Å². The summed E-state index contributed by atoms with van der Waals surface area (Å²) in [6, 6.07) is 8.83. The number of hydrogen-bond acceptors (Lipinski definition) is 2. The topological polar surface area (TPSA) is 29.9 Å². The number of halogens is 1. The van der Waals surface area contributed by atoms with Gasteiger partial charge < -0.3 is 5.32 Å². The van der Waals surface area contributed by atoms with E-state index in [1.165, 1.54) is 16.8 Å². The van der Waals surface area contributed by atoms with Crippen LogP contribution in [0.5, 0.6) is 0 Å². The van der Waals surface area contributed by atoms with E-state index in [0.29, 0.717) is 6.04 Å². The fourth-order valence-electron chi connectivity index (χ4n) is 2.44. The molecule has 2 aromatic rings. The Morgan fingerprint density at radius 3 is 2.65 bits per heavy atom. The molecule has 0 aliphatic heterocycles. The zero-order valence-electron chi connectivity index (χ0n) is 12.6. The first-order valence-corrected chi connectivity index (χ1v) is 7.83. The smallest absolute Gasteiger partial charge is 0.0767 e. The van der Waals surface area contributed by atoms with E-state index in [0.717, 1.165) is 23.1 Å². The second kappa shape index (κ2) is 6.55. The lowest BCUT2D eigenvalue weighted by atomic mass is 10.0. The summed E-state index contributed by atoms with van der Waals surface area (Å²) in [5.41, 5.74) is 4.99. The molecular formula is C16H22BrN3. The molecule has 20 heavy (non-hydrogen) atoms. The summed E-state index contributed by atoms with van der Waals surface area (Å²) in [6.45, 7) is 7.29.